The molecule has 0 bridgehead atoms. The first-order valence-electron chi connectivity index (χ1n) is 10.2. The lowest BCUT2D eigenvalue weighted by atomic mass is 9.66. The van der Waals surface area contributed by atoms with Crippen molar-refractivity contribution in [1.29, 1.82) is 0 Å². The minimum atomic E-state index is -0.740. The number of aliphatic hydroxyl groups is 1. The molecule has 1 aliphatic heterocycles. The summed E-state index contributed by atoms with van der Waals surface area (Å²) in [7, 11) is 0. The number of halogens is 2. The number of primary amides is 1. The molecule has 2 unspecified atom stereocenters. The molecule has 0 radical (unpaired) electrons. The lowest BCUT2D eigenvalue weighted by molar-refractivity contribution is 0.0733. The molecule has 166 valence electrons. The third kappa shape index (κ3) is 3.51. The summed E-state index contributed by atoms with van der Waals surface area (Å²) < 4.78 is 0. The van der Waals surface area contributed by atoms with E-state index >= 15 is 0 Å². The average Bonchev–Trinajstić information content (AvgIpc) is 2.97. The smallest absolute Gasteiger partial charge is 0.268 e. The Hall–Kier alpha value is -2.13. The number of carbonyl (C=O) groups excluding carboxylic acids is 1. The molecular weight excluding hydrogens is 439 g/mol. The number of nitrogen functional groups attached to an aromatic ring is 1. The van der Waals surface area contributed by atoms with Crippen LogP contribution in [0.1, 0.15) is 37.2 Å². The molecule has 2 aromatic rings. The highest BCUT2D eigenvalue weighted by atomic mass is 35.5. The van der Waals surface area contributed by atoms with E-state index < -0.39 is 12.0 Å². The molecule has 1 aromatic carbocycles. The lowest BCUT2D eigenvalue weighted by Gasteiger charge is -2.58. The van der Waals surface area contributed by atoms with Crippen LogP contribution in [-0.2, 0) is 0 Å². The standard InChI is InChI=1S/C21H26Cl2N6O2/c1-9(2)17-21(6-12(24)13(30)7-21)8-29(17)20-27-16(19(26)31)14(18(25)28-20)10-4-3-5-11(22)15(10)23/h3-5,9,12-13,17,30H,6-8,24H2,1-2H3,(H2,26,31)(H2,25,27,28)/t12-,13-,17?,21?/m1/s1. The first-order chi connectivity index (χ1) is 14.6. The third-order valence-electron chi connectivity index (χ3n) is 6.47. The van der Waals surface area contributed by atoms with Crippen molar-refractivity contribution in [1.82, 2.24) is 9.97 Å². The molecule has 2 heterocycles. The maximum Gasteiger partial charge on any atom is 0.268 e. The summed E-state index contributed by atoms with van der Waals surface area (Å²) in [6.07, 6.45) is 0.826. The molecule has 10 heteroatoms. The zero-order valence-corrected chi connectivity index (χ0v) is 18.9. The molecule has 31 heavy (non-hydrogen) atoms. The van der Waals surface area contributed by atoms with E-state index in [4.69, 9.17) is 40.4 Å². The van der Waals surface area contributed by atoms with Gasteiger partial charge in [0, 0.05) is 29.6 Å². The zero-order chi connectivity index (χ0) is 22.7. The largest absolute Gasteiger partial charge is 0.391 e. The van der Waals surface area contributed by atoms with Gasteiger partial charge in [0.2, 0.25) is 5.95 Å². The van der Waals surface area contributed by atoms with E-state index in [1.807, 2.05) is 4.90 Å². The monoisotopic (exact) mass is 464 g/mol. The van der Waals surface area contributed by atoms with Crippen LogP contribution in [0.25, 0.3) is 11.1 Å². The molecule has 1 saturated carbocycles. The second-order valence-corrected chi connectivity index (χ2v) is 9.70. The molecular formula is C21H26Cl2N6O2. The Kier molecular flexibility index (Phi) is 5.54. The van der Waals surface area contributed by atoms with Gasteiger partial charge in [0.15, 0.2) is 0 Å². The van der Waals surface area contributed by atoms with Gasteiger partial charge >= 0.3 is 0 Å². The fraction of sp³-hybridized carbons (Fsp3) is 0.476. The summed E-state index contributed by atoms with van der Waals surface area (Å²) >= 11 is 12.5. The first-order valence-corrected chi connectivity index (χ1v) is 10.9. The Morgan fingerprint density at radius 3 is 2.58 bits per heavy atom. The molecule has 1 saturated heterocycles. The van der Waals surface area contributed by atoms with E-state index in [9.17, 15) is 9.90 Å². The van der Waals surface area contributed by atoms with Gasteiger partial charge in [-0.1, -0.05) is 49.2 Å². The molecule has 7 N–H and O–H groups in total. The van der Waals surface area contributed by atoms with E-state index in [0.717, 1.165) is 6.42 Å². The fourth-order valence-electron chi connectivity index (χ4n) is 5.37. The van der Waals surface area contributed by atoms with Gasteiger partial charge in [0.1, 0.15) is 11.5 Å². The summed E-state index contributed by atoms with van der Waals surface area (Å²) in [5.74, 6) is -0.0757. The molecule has 4 atom stereocenters. The van der Waals surface area contributed by atoms with Crippen molar-refractivity contribution < 1.29 is 9.90 Å². The van der Waals surface area contributed by atoms with Gasteiger partial charge < -0.3 is 27.2 Å². The van der Waals surface area contributed by atoms with Gasteiger partial charge in [0.05, 0.1) is 21.7 Å². The highest BCUT2D eigenvalue weighted by Crippen LogP contribution is 2.53. The Morgan fingerprint density at radius 1 is 1.29 bits per heavy atom. The number of nitrogens with zero attached hydrogens (tertiary/aromatic N) is 3. The van der Waals surface area contributed by atoms with Gasteiger partial charge in [-0.05, 0) is 24.8 Å². The molecule has 2 aliphatic rings. The molecule has 2 fully saturated rings. The van der Waals surface area contributed by atoms with Gasteiger partial charge in [-0.2, -0.15) is 4.98 Å². The maximum atomic E-state index is 12.3. The minimum absolute atomic E-state index is 0.0155. The average molecular weight is 465 g/mol. The van der Waals surface area contributed by atoms with Crippen molar-refractivity contribution in [3.05, 3.63) is 33.9 Å². The van der Waals surface area contributed by atoms with Gasteiger partial charge in [-0.3, -0.25) is 4.79 Å². The van der Waals surface area contributed by atoms with Crippen LogP contribution in [0.2, 0.25) is 10.0 Å². The van der Waals surface area contributed by atoms with Crippen molar-refractivity contribution >= 4 is 40.9 Å². The first kappa shape index (κ1) is 22.1. The van der Waals surface area contributed by atoms with Crippen LogP contribution in [0.4, 0.5) is 11.8 Å². The van der Waals surface area contributed by atoms with Crippen LogP contribution in [0, 0.1) is 11.3 Å². The fourth-order valence-corrected chi connectivity index (χ4v) is 5.77. The number of amides is 1. The quantitative estimate of drug-likeness (QED) is 0.543. The predicted molar refractivity (Wildman–Crippen MR) is 122 cm³/mol. The van der Waals surface area contributed by atoms with Gasteiger partial charge in [0.25, 0.3) is 5.91 Å². The van der Waals surface area contributed by atoms with Crippen molar-refractivity contribution in [2.45, 2.75) is 44.9 Å². The highest BCUT2D eigenvalue weighted by molar-refractivity contribution is 6.44. The van der Waals surface area contributed by atoms with E-state index in [2.05, 4.69) is 23.8 Å². The molecule has 1 spiro atoms. The molecule has 8 nitrogen and oxygen atoms in total. The van der Waals surface area contributed by atoms with E-state index in [1.54, 1.807) is 18.2 Å². The topological polar surface area (TPSA) is 144 Å². The Morgan fingerprint density at radius 2 is 2.00 bits per heavy atom. The summed E-state index contributed by atoms with van der Waals surface area (Å²) in [6, 6.07) is 4.83. The summed E-state index contributed by atoms with van der Waals surface area (Å²) in [5, 5.41) is 10.8. The number of carbonyl (C=O) groups is 1. The second-order valence-electron chi connectivity index (χ2n) is 8.92. The van der Waals surface area contributed by atoms with Crippen molar-refractivity contribution in [2.75, 3.05) is 17.2 Å². The lowest BCUT2D eigenvalue weighted by Crippen LogP contribution is -2.67. The molecule has 1 aliphatic carbocycles. The van der Waals surface area contributed by atoms with Crippen LogP contribution in [-0.4, -0.2) is 45.7 Å². The normalized spacial score (nSPS) is 27.7. The van der Waals surface area contributed by atoms with Crippen LogP contribution in [0.15, 0.2) is 18.2 Å². The highest BCUT2D eigenvalue weighted by Gasteiger charge is 2.59. The van der Waals surface area contributed by atoms with E-state index in [1.165, 1.54) is 0 Å². The molecule has 4 rings (SSSR count). The number of benzene rings is 1. The van der Waals surface area contributed by atoms with E-state index in [0.29, 0.717) is 29.5 Å². The second kappa shape index (κ2) is 7.78. The van der Waals surface area contributed by atoms with Crippen molar-refractivity contribution in [2.24, 2.45) is 22.8 Å². The number of hydrogen-bond acceptors (Lipinski definition) is 7. The Labute approximate surface area is 190 Å². The third-order valence-corrected chi connectivity index (χ3v) is 7.29. The van der Waals surface area contributed by atoms with Crippen molar-refractivity contribution in [3.8, 4) is 11.1 Å². The van der Waals surface area contributed by atoms with Crippen LogP contribution < -0.4 is 22.1 Å². The summed E-state index contributed by atoms with van der Waals surface area (Å²) in [4.78, 5) is 23.3. The number of hydrogen-bond donors (Lipinski definition) is 4. The van der Waals surface area contributed by atoms with Crippen molar-refractivity contribution in [3.63, 3.8) is 0 Å². The number of anilines is 2. The zero-order valence-electron chi connectivity index (χ0n) is 17.3. The molecule has 1 amide bonds. The van der Waals surface area contributed by atoms with E-state index in [-0.39, 0.29) is 45.5 Å². The summed E-state index contributed by atoms with van der Waals surface area (Å²) in [5.41, 5.74) is 18.6. The SMILES string of the molecule is CC(C)C1N(c2nc(N)c(-c3cccc(Cl)c3Cl)c(C(N)=O)n2)CC12C[C@@H](N)[C@H](O)C2. The Balaban J connectivity index is 1.78. The minimum Gasteiger partial charge on any atom is -0.391 e. The van der Waals surface area contributed by atoms with Crippen LogP contribution in [0.5, 0.6) is 0 Å². The van der Waals surface area contributed by atoms with Gasteiger partial charge in [-0.15, -0.1) is 0 Å². The molecule has 1 aromatic heterocycles. The summed E-state index contributed by atoms with van der Waals surface area (Å²) in [6.45, 7) is 4.83. The number of aromatic nitrogens is 2. The van der Waals surface area contributed by atoms with Crippen LogP contribution >= 0.6 is 23.2 Å². The van der Waals surface area contributed by atoms with Crippen LogP contribution in [0.3, 0.4) is 0 Å². The predicted octanol–water partition coefficient (Wildman–Crippen LogP) is 2.44. The Bertz CT molecular complexity index is 1040. The number of aliphatic hydroxyl groups excluding tert-OH is 1. The number of rotatable bonds is 4. The maximum absolute atomic E-state index is 12.3. The number of nitrogens with two attached hydrogens (primary N) is 3. The van der Waals surface area contributed by atoms with Gasteiger partial charge in [-0.25, -0.2) is 4.98 Å².